The van der Waals surface area contributed by atoms with Crippen LogP contribution in [0.3, 0.4) is 0 Å². The molecule has 29 heavy (non-hydrogen) atoms. The minimum atomic E-state index is 0.121. The van der Waals surface area contributed by atoms with E-state index >= 15 is 0 Å². The van der Waals surface area contributed by atoms with Gasteiger partial charge in [-0.15, -0.1) is 0 Å². The van der Waals surface area contributed by atoms with Crippen LogP contribution in [0.15, 0.2) is 48.8 Å². The van der Waals surface area contributed by atoms with Crippen molar-refractivity contribution in [3.63, 3.8) is 0 Å². The van der Waals surface area contributed by atoms with Crippen LogP contribution in [0.1, 0.15) is 34.7 Å². The minimum absolute atomic E-state index is 0.121. The van der Waals surface area contributed by atoms with Crippen LogP contribution in [0.2, 0.25) is 0 Å². The molecule has 0 saturated carbocycles. The van der Waals surface area contributed by atoms with Gasteiger partial charge in [0.25, 0.3) is 5.91 Å². The van der Waals surface area contributed by atoms with E-state index in [0.717, 1.165) is 53.9 Å². The number of nitrogens with one attached hydrogen (secondary N) is 2. The maximum Gasteiger partial charge on any atom is 0.253 e. The normalized spacial score (nSPS) is 15.3. The van der Waals surface area contributed by atoms with Gasteiger partial charge in [-0.3, -0.25) is 4.79 Å². The number of fused-ring (bicyclic) bond motifs is 2. The van der Waals surface area contributed by atoms with Gasteiger partial charge in [-0.05, 0) is 60.0 Å². The molecule has 4 heterocycles. The zero-order valence-corrected chi connectivity index (χ0v) is 16.8. The van der Waals surface area contributed by atoms with E-state index in [1.165, 1.54) is 10.9 Å². The van der Waals surface area contributed by atoms with E-state index in [4.69, 9.17) is 4.98 Å². The third-order valence-corrected chi connectivity index (χ3v) is 6.04. The van der Waals surface area contributed by atoms with Crippen LogP contribution in [-0.4, -0.2) is 52.9 Å². The Balaban J connectivity index is 1.31. The molecule has 1 aliphatic heterocycles. The molecule has 1 amide bonds. The van der Waals surface area contributed by atoms with Crippen molar-refractivity contribution >= 4 is 33.7 Å². The number of rotatable bonds is 3. The first-order valence-corrected chi connectivity index (χ1v) is 10.1. The second-order valence-electron chi connectivity index (χ2n) is 8.05. The summed E-state index contributed by atoms with van der Waals surface area (Å²) in [5.41, 5.74) is 4.02. The van der Waals surface area contributed by atoms with Gasteiger partial charge < -0.3 is 19.8 Å². The first-order valence-electron chi connectivity index (χ1n) is 10.1. The summed E-state index contributed by atoms with van der Waals surface area (Å²) in [4.78, 5) is 28.2. The zero-order valence-electron chi connectivity index (χ0n) is 16.8. The van der Waals surface area contributed by atoms with Gasteiger partial charge >= 0.3 is 0 Å². The van der Waals surface area contributed by atoms with E-state index in [2.05, 4.69) is 28.3 Å². The Morgan fingerprint density at radius 2 is 1.93 bits per heavy atom. The number of pyridine rings is 1. The van der Waals surface area contributed by atoms with Gasteiger partial charge in [0.15, 0.2) is 0 Å². The molecule has 0 atom stereocenters. The Kier molecular flexibility index (Phi) is 4.27. The Labute approximate surface area is 169 Å². The summed E-state index contributed by atoms with van der Waals surface area (Å²) in [6, 6.07) is 12.1. The average Bonchev–Trinajstić information content (AvgIpc) is 3.39. The highest BCUT2D eigenvalue weighted by Crippen LogP contribution is 2.33. The fraction of sp³-hybridized carbons (Fsp3) is 0.304. The maximum absolute atomic E-state index is 13.0. The number of carbonyl (C=O) groups is 1. The summed E-state index contributed by atoms with van der Waals surface area (Å²) >= 11 is 0. The van der Waals surface area contributed by atoms with Gasteiger partial charge in [0.05, 0.1) is 0 Å². The van der Waals surface area contributed by atoms with Crippen molar-refractivity contribution in [2.45, 2.75) is 18.8 Å². The third kappa shape index (κ3) is 3.14. The number of aromatic amines is 2. The summed E-state index contributed by atoms with van der Waals surface area (Å²) < 4.78 is 0. The number of carbonyl (C=O) groups excluding carboxylic acids is 1. The van der Waals surface area contributed by atoms with Gasteiger partial charge in [-0.2, -0.15) is 0 Å². The molecule has 148 valence electrons. The van der Waals surface area contributed by atoms with Crippen LogP contribution < -0.4 is 4.90 Å². The molecular weight excluding hydrogens is 362 g/mol. The summed E-state index contributed by atoms with van der Waals surface area (Å²) in [5, 5.41) is 2.32. The van der Waals surface area contributed by atoms with Crippen molar-refractivity contribution in [2.24, 2.45) is 0 Å². The fourth-order valence-electron chi connectivity index (χ4n) is 4.36. The van der Waals surface area contributed by atoms with Crippen molar-refractivity contribution in [3.8, 4) is 0 Å². The minimum Gasteiger partial charge on any atom is -0.363 e. The number of aromatic nitrogens is 3. The summed E-state index contributed by atoms with van der Waals surface area (Å²) in [6.45, 7) is 1.56. The number of hydrogen-bond acceptors (Lipinski definition) is 3. The molecule has 0 radical (unpaired) electrons. The standard InChI is InChI=1S/C23H25N5O/c1-27(2)21-6-5-18-19(14-25-22(18)26-21)15-8-11-28(12-9-15)23(29)17-4-3-16-7-10-24-20(16)13-17/h3-7,10,13-15,24H,8-9,11-12H2,1-2H3,(H,25,26). The molecule has 0 bridgehead atoms. The summed E-state index contributed by atoms with van der Waals surface area (Å²) in [6.07, 6.45) is 5.94. The van der Waals surface area contributed by atoms with E-state index in [-0.39, 0.29) is 5.91 Å². The van der Waals surface area contributed by atoms with Crippen LogP contribution in [0.25, 0.3) is 21.9 Å². The molecule has 6 nitrogen and oxygen atoms in total. The van der Waals surface area contributed by atoms with Crippen molar-refractivity contribution in [1.29, 1.82) is 0 Å². The highest BCUT2D eigenvalue weighted by molar-refractivity contribution is 5.98. The molecule has 1 fully saturated rings. The molecule has 1 aromatic carbocycles. The average molecular weight is 387 g/mol. The Morgan fingerprint density at radius 3 is 2.72 bits per heavy atom. The Hall–Kier alpha value is -3.28. The molecule has 0 spiro atoms. The molecule has 0 unspecified atom stereocenters. The van der Waals surface area contributed by atoms with E-state index in [1.807, 2.05) is 54.4 Å². The van der Waals surface area contributed by atoms with Crippen molar-refractivity contribution in [2.75, 3.05) is 32.1 Å². The van der Waals surface area contributed by atoms with E-state index in [0.29, 0.717) is 5.92 Å². The monoisotopic (exact) mass is 387 g/mol. The first kappa shape index (κ1) is 17.8. The van der Waals surface area contributed by atoms with Gasteiger partial charge in [-0.25, -0.2) is 4.98 Å². The molecule has 5 rings (SSSR count). The van der Waals surface area contributed by atoms with E-state index in [9.17, 15) is 4.79 Å². The van der Waals surface area contributed by atoms with Crippen molar-refractivity contribution < 1.29 is 4.79 Å². The number of H-pyrrole nitrogens is 2. The van der Waals surface area contributed by atoms with E-state index < -0.39 is 0 Å². The highest BCUT2D eigenvalue weighted by Gasteiger charge is 2.26. The third-order valence-electron chi connectivity index (χ3n) is 6.04. The number of amides is 1. The quantitative estimate of drug-likeness (QED) is 0.555. The van der Waals surface area contributed by atoms with E-state index in [1.54, 1.807) is 0 Å². The number of benzene rings is 1. The van der Waals surface area contributed by atoms with Crippen LogP contribution in [-0.2, 0) is 0 Å². The topological polar surface area (TPSA) is 68.0 Å². The predicted molar refractivity (Wildman–Crippen MR) is 117 cm³/mol. The largest absolute Gasteiger partial charge is 0.363 e. The molecule has 1 saturated heterocycles. The lowest BCUT2D eigenvalue weighted by Crippen LogP contribution is -2.37. The number of likely N-dealkylation sites (tertiary alicyclic amines) is 1. The molecule has 3 aromatic heterocycles. The lowest BCUT2D eigenvalue weighted by Gasteiger charge is -2.32. The van der Waals surface area contributed by atoms with Crippen molar-refractivity contribution in [3.05, 3.63) is 59.9 Å². The Bertz CT molecular complexity index is 1180. The summed E-state index contributed by atoms with van der Waals surface area (Å²) in [7, 11) is 4.00. The van der Waals surface area contributed by atoms with Crippen molar-refractivity contribution in [1.82, 2.24) is 19.9 Å². The number of piperidine rings is 1. The summed E-state index contributed by atoms with van der Waals surface area (Å²) in [5.74, 6) is 1.52. The van der Waals surface area contributed by atoms with Gasteiger partial charge in [0.2, 0.25) is 0 Å². The fourth-order valence-corrected chi connectivity index (χ4v) is 4.36. The van der Waals surface area contributed by atoms with Gasteiger partial charge in [0.1, 0.15) is 11.5 Å². The molecule has 4 aromatic rings. The lowest BCUT2D eigenvalue weighted by molar-refractivity contribution is 0.0713. The van der Waals surface area contributed by atoms with Gasteiger partial charge in [-0.1, -0.05) is 6.07 Å². The molecule has 6 heteroatoms. The predicted octanol–water partition coefficient (Wildman–Crippen LogP) is 4.13. The lowest BCUT2D eigenvalue weighted by atomic mass is 9.89. The first-order chi connectivity index (χ1) is 14.1. The number of nitrogens with zero attached hydrogens (tertiary/aromatic N) is 3. The second-order valence-corrected chi connectivity index (χ2v) is 8.05. The zero-order chi connectivity index (χ0) is 20.0. The highest BCUT2D eigenvalue weighted by atomic mass is 16.2. The molecular formula is C23H25N5O. The van der Waals surface area contributed by atoms with Crippen LogP contribution in [0.4, 0.5) is 5.82 Å². The smallest absolute Gasteiger partial charge is 0.253 e. The van der Waals surface area contributed by atoms with Crippen LogP contribution >= 0.6 is 0 Å². The number of anilines is 1. The second kappa shape index (κ2) is 6.95. The maximum atomic E-state index is 13.0. The molecule has 2 N–H and O–H groups in total. The van der Waals surface area contributed by atoms with Crippen LogP contribution in [0.5, 0.6) is 0 Å². The van der Waals surface area contributed by atoms with Gasteiger partial charge in [0, 0.05) is 56.0 Å². The van der Waals surface area contributed by atoms with Crippen LogP contribution in [0, 0.1) is 0 Å². The molecule has 0 aliphatic carbocycles. The Morgan fingerprint density at radius 1 is 1.10 bits per heavy atom. The SMILES string of the molecule is CN(C)c1ccc2c(C3CCN(C(=O)c4ccc5cc[nH]c5c4)CC3)c[nH]c2n1. The number of hydrogen-bond donors (Lipinski definition) is 2. The molecule has 1 aliphatic rings.